The number of aromatic nitrogens is 3. The molecule has 2 aromatic rings. The molecule has 2 heterocycles. The van der Waals surface area contributed by atoms with E-state index in [0.29, 0.717) is 0 Å². The van der Waals surface area contributed by atoms with Crippen LogP contribution in [0.15, 0.2) is 43.0 Å². The highest BCUT2D eigenvalue weighted by Crippen LogP contribution is 2.16. The molecule has 1 atom stereocenters. The average Bonchev–Trinajstić information content (AvgIpc) is 2.42. The van der Waals surface area contributed by atoms with Crippen molar-refractivity contribution >= 4 is 0 Å². The highest BCUT2D eigenvalue weighted by atomic mass is 15.0. The maximum Gasteiger partial charge on any atom is 0.0940 e. The molecule has 1 N–H and O–H groups in total. The molecule has 0 radical (unpaired) electrons. The molecule has 0 bridgehead atoms. The zero-order valence-electron chi connectivity index (χ0n) is 9.87. The van der Waals surface area contributed by atoms with Gasteiger partial charge in [-0.2, -0.15) is 0 Å². The fraction of sp³-hybridized carbons (Fsp3) is 0.308. The molecule has 2 rings (SSSR count). The van der Waals surface area contributed by atoms with E-state index in [4.69, 9.17) is 0 Å². The molecule has 0 aliphatic heterocycles. The SMILES string of the molecule is CCCNC(c1ccccn1)c1cnccn1. The summed E-state index contributed by atoms with van der Waals surface area (Å²) in [6.45, 7) is 3.07. The van der Waals surface area contributed by atoms with Gasteiger partial charge in [0.05, 0.1) is 23.6 Å². The minimum atomic E-state index is 0.0184. The topological polar surface area (TPSA) is 50.7 Å². The maximum absolute atomic E-state index is 4.38. The van der Waals surface area contributed by atoms with Gasteiger partial charge in [-0.1, -0.05) is 13.0 Å². The van der Waals surface area contributed by atoms with Crippen LogP contribution in [0, 0.1) is 0 Å². The summed E-state index contributed by atoms with van der Waals surface area (Å²) < 4.78 is 0. The van der Waals surface area contributed by atoms with Gasteiger partial charge in [0.25, 0.3) is 0 Å². The van der Waals surface area contributed by atoms with Gasteiger partial charge in [0.2, 0.25) is 0 Å². The molecule has 0 spiro atoms. The van der Waals surface area contributed by atoms with Crippen molar-refractivity contribution in [2.75, 3.05) is 6.54 Å². The fourth-order valence-corrected chi connectivity index (χ4v) is 1.66. The molecule has 88 valence electrons. The molecule has 17 heavy (non-hydrogen) atoms. The molecule has 0 fully saturated rings. The van der Waals surface area contributed by atoms with E-state index in [1.807, 2.05) is 18.2 Å². The lowest BCUT2D eigenvalue weighted by Gasteiger charge is -2.16. The molecule has 1 unspecified atom stereocenters. The summed E-state index contributed by atoms with van der Waals surface area (Å²) in [5, 5.41) is 3.44. The number of rotatable bonds is 5. The van der Waals surface area contributed by atoms with Crippen molar-refractivity contribution in [1.29, 1.82) is 0 Å². The van der Waals surface area contributed by atoms with Crippen molar-refractivity contribution < 1.29 is 0 Å². The number of hydrogen-bond acceptors (Lipinski definition) is 4. The van der Waals surface area contributed by atoms with Crippen LogP contribution in [0.5, 0.6) is 0 Å². The second-order valence-electron chi connectivity index (χ2n) is 3.77. The molecule has 0 aromatic carbocycles. The van der Waals surface area contributed by atoms with Crippen molar-refractivity contribution in [2.24, 2.45) is 0 Å². The minimum Gasteiger partial charge on any atom is -0.304 e. The van der Waals surface area contributed by atoms with Crippen LogP contribution in [0.2, 0.25) is 0 Å². The van der Waals surface area contributed by atoms with E-state index in [1.165, 1.54) is 0 Å². The largest absolute Gasteiger partial charge is 0.304 e. The Hall–Kier alpha value is -1.81. The van der Waals surface area contributed by atoms with Gasteiger partial charge >= 0.3 is 0 Å². The van der Waals surface area contributed by atoms with Gasteiger partial charge in [0.15, 0.2) is 0 Å². The van der Waals surface area contributed by atoms with Crippen LogP contribution >= 0.6 is 0 Å². The lowest BCUT2D eigenvalue weighted by molar-refractivity contribution is 0.572. The van der Waals surface area contributed by atoms with Gasteiger partial charge in [-0.05, 0) is 25.1 Å². The molecule has 4 heteroatoms. The normalized spacial score (nSPS) is 12.3. The quantitative estimate of drug-likeness (QED) is 0.850. The van der Waals surface area contributed by atoms with Crippen molar-refractivity contribution in [1.82, 2.24) is 20.3 Å². The highest BCUT2D eigenvalue weighted by Gasteiger charge is 2.15. The van der Waals surface area contributed by atoms with E-state index < -0.39 is 0 Å². The first-order valence-corrected chi connectivity index (χ1v) is 5.82. The molecule has 0 saturated carbocycles. The van der Waals surface area contributed by atoms with Gasteiger partial charge in [0.1, 0.15) is 0 Å². The Kier molecular flexibility index (Phi) is 4.16. The maximum atomic E-state index is 4.38. The first kappa shape index (κ1) is 11.7. The third kappa shape index (κ3) is 3.07. The van der Waals surface area contributed by atoms with Crippen LogP contribution in [0.1, 0.15) is 30.8 Å². The van der Waals surface area contributed by atoms with Gasteiger partial charge in [-0.3, -0.25) is 15.0 Å². The molecule has 0 aliphatic rings. The lowest BCUT2D eigenvalue weighted by atomic mass is 10.1. The van der Waals surface area contributed by atoms with Crippen molar-refractivity contribution in [2.45, 2.75) is 19.4 Å². The summed E-state index contributed by atoms with van der Waals surface area (Å²) in [7, 11) is 0. The van der Waals surface area contributed by atoms with E-state index in [2.05, 4.69) is 27.2 Å². The van der Waals surface area contributed by atoms with Crippen LogP contribution in [0.3, 0.4) is 0 Å². The van der Waals surface area contributed by atoms with Gasteiger partial charge < -0.3 is 5.32 Å². The fourth-order valence-electron chi connectivity index (χ4n) is 1.66. The number of pyridine rings is 1. The van der Waals surface area contributed by atoms with Crippen LogP contribution in [-0.2, 0) is 0 Å². The Morgan fingerprint density at radius 1 is 1.12 bits per heavy atom. The van der Waals surface area contributed by atoms with Gasteiger partial charge in [-0.25, -0.2) is 0 Å². The van der Waals surface area contributed by atoms with Crippen molar-refractivity contribution in [3.8, 4) is 0 Å². The molecule has 0 amide bonds. The predicted molar refractivity (Wildman–Crippen MR) is 66.4 cm³/mol. The zero-order chi connectivity index (χ0) is 11.9. The van der Waals surface area contributed by atoms with Gasteiger partial charge in [0, 0.05) is 18.6 Å². The third-order valence-electron chi connectivity index (χ3n) is 2.46. The van der Waals surface area contributed by atoms with Crippen LogP contribution in [0.4, 0.5) is 0 Å². The summed E-state index contributed by atoms with van der Waals surface area (Å²) >= 11 is 0. The molecule has 2 aromatic heterocycles. The standard InChI is InChI=1S/C13H16N4/c1-2-6-17-13(11-5-3-4-7-15-11)12-10-14-8-9-16-12/h3-5,7-10,13,17H,2,6H2,1H3. The Morgan fingerprint density at radius 2 is 2.00 bits per heavy atom. The van der Waals surface area contributed by atoms with Crippen LogP contribution in [-0.4, -0.2) is 21.5 Å². The van der Waals surface area contributed by atoms with Crippen molar-refractivity contribution in [3.05, 3.63) is 54.4 Å². The van der Waals surface area contributed by atoms with E-state index >= 15 is 0 Å². The van der Waals surface area contributed by atoms with Crippen LogP contribution < -0.4 is 5.32 Å². The Bertz CT molecular complexity index is 390. The van der Waals surface area contributed by atoms with Crippen LogP contribution in [0.25, 0.3) is 0 Å². The number of hydrogen-bond donors (Lipinski definition) is 1. The highest BCUT2D eigenvalue weighted by molar-refractivity contribution is 5.19. The van der Waals surface area contributed by atoms with Crippen molar-refractivity contribution in [3.63, 3.8) is 0 Å². The Labute approximate surface area is 101 Å². The second kappa shape index (κ2) is 6.06. The Morgan fingerprint density at radius 3 is 2.65 bits per heavy atom. The molecule has 0 saturated heterocycles. The second-order valence-corrected chi connectivity index (χ2v) is 3.77. The third-order valence-corrected chi connectivity index (χ3v) is 2.46. The summed E-state index contributed by atoms with van der Waals surface area (Å²) in [6, 6.07) is 5.92. The Balaban J connectivity index is 2.26. The average molecular weight is 228 g/mol. The summed E-state index contributed by atoms with van der Waals surface area (Å²) in [5.41, 5.74) is 1.88. The molecular weight excluding hydrogens is 212 g/mol. The molecular formula is C13H16N4. The predicted octanol–water partition coefficient (Wildman–Crippen LogP) is 1.96. The molecule has 4 nitrogen and oxygen atoms in total. The van der Waals surface area contributed by atoms with E-state index in [0.717, 1.165) is 24.4 Å². The van der Waals surface area contributed by atoms with Gasteiger partial charge in [-0.15, -0.1) is 0 Å². The summed E-state index contributed by atoms with van der Waals surface area (Å²) in [6.07, 6.45) is 8.04. The smallest absolute Gasteiger partial charge is 0.0940 e. The first-order chi connectivity index (χ1) is 8.42. The van der Waals surface area contributed by atoms with E-state index in [1.54, 1.807) is 24.8 Å². The lowest BCUT2D eigenvalue weighted by Crippen LogP contribution is -2.24. The molecule has 0 aliphatic carbocycles. The minimum absolute atomic E-state index is 0.0184. The zero-order valence-corrected chi connectivity index (χ0v) is 9.87. The summed E-state index contributed by atoms with van der Waals surface area (Å²) in [5.74, 6) is 0. The number of nitrogens with zero attached hydrogens (tertiary/aromatic N) is 3. The summed E-state index contributed by atoms with van der Waals surface area (Å²) in [4.78, 5) is 12.8. The monoisotopic (exact) mass is 228 g/mol. The van der Waals surface area contributed by atoms with E-state index in [-0.39, 0.29) is 6.04 Å². The first-order valence-electron chi connectivity index (χ1n) is 5.82. The van der Waals surface area contributed by atoms with E-state index in [9.17, 15) is 0 Å². The number of nitrogens with one attached hydrogen (secondary N) is 1.